The minimum Gasteiger partial charge on any atom is -0.404 e. The lowest BCUT2D eigenvalue weighted by Crippen LogP contribution is -2.38. The van der Waals surface area contributed by atoms with Gasteiger partial charge in [-0.15, -0.1) is 13.2 Å². The molecule has 3 rings (SSSR count). The van der Waals surface area contributed by atoms with E-state index in [9.17, 15) is 26.4 Å². The van der Waals surface area contributed by atoms with Crippen molar-refractivity contribution in [3.05, 3.63) is 52.3 Å². The SMILES string of the molecule is CC1CCN(C(=O)c2cncc(CS(=O)(=O)c3ccc(Br)cc3OC(F)(F)F)c2)CC1. The second kappa shape index (κ2) is 9.15. The van der Waals surface area contributed by atoms with Crippen LogP contribution in [0.25, 0.3) is 0 Å². The zero-order valence-electron chi connectivity index (χ0n) is 16.5. The Hall–Kier alpha value is -2.14. The second-order valence-electron chi connectivity index (χ2n) is 7.45. The van der Waals surface area contributed by atoms with Crippen molar-refractivity contribution in [3.8, 4) is 5.75 Å². The van der Waals surface area contributed by atoms with Crippen LogP contribution in [0.2, 0.25) is 0 Å². The molecule has 11 heteroatoms. The fourth-order valence-electron chi connectivity index (χ4n) is 3.32. The summed E-state index contributed by atoms with van der Waals surface area (Å²) in [6.45, 7) is 3.34. The molecule has 0 bridgehead atoms. The highest BCUT2D eigenvalue weighted by molar-refractivity contribution is 9.10. The number of ether oxygens (including phenoxy) is 1. The number of amides is 1. The maximum atomic E-state index is 12.9. The van der Waals surface area contributed by atoms with Gasteiger partial charge in [0.1, 0.15) is 10.6 Å². The van der Waals surface area contributed by atoms with Crippen molar-refractivity contribution < 1.29 is 31.1 Å². The fraction of sp³-hybridized carbons (Fsp3) is 0.400. The number of piperidine rings is 1. The first kappa shape index (κ1) is 23.5. The predicted octanol–water partition coefficient (Wildman–Crippen LogP) is 4.59. The monoisotopic (exact) mass is 520 g/mol. The van der Waals surface area contributed by atoms with Gasteiger partial charge in [0.15, 0.2) is 9.84 Å². The molecule has 1 aliphatic rings. The zero-order valence-corrected chi connectivity index (χ0v) is 18.9. The van der Waals surface area contributed by atoms with Crippen LogP contribution in [-0.4, -0.2) is 43.7 Å². The first-order valence-corrected chi connectivity index (χ1v) is 11.9. The molecule has 0 aliphatic carbocycles. The van der Waals surface area contributed by atoms with Gasteiger partial charge in [-0.05, 0) is 48.6 Å². The lowest BCUT2D eigenvalue weighted by molar-refractivity contribution is -0.275. The highest BCUT2D eigenvalue weighted by Crippen LogP contribution is 2.34. The van der Waals surface area contributed by atoms with Crippen LogP contribution in [0.4, 0.5) is 13.2 Å². The van der Waals surface area contributed by atoms with Gasteiger partial charge in [0.25, 0.3) is 5.91 Å². The maximum Gasteiger partial charge on any atom is 0.573 e. The minimum absolute atomic E-state index is 0.192. The number of sulfone groups is 1. The zero-order chi connectivity index (χ0) is 22.8. The van der Waals surface area contributed by atoms with Crippen molar-refractivity contribution in [2.75, 3.05) is 13.1 Å². The molecule has 0 N–H and O–H groups in total. The van der Waals surface area contributed by atoms with Gasteiger partial charge >= 0.3 is 6.36 Å². The van der Waals surface area contributed by atoms with Crippen LogP contribution in [0.3, 0.4) is 0 Å². The summed E-state index contributed by atoms with van der Waals surface area (Å²) < 4.78 is 68.0. The Balaban J connectivity index is 1.84. The van der Waals surface area contributed by atoms with E-state index in [0.717, 1.165) is 25.0 Å². The Morgan fingerprint density at radius 3 is 2.55 bits per heavy atom. The Kier molecular flexibility index (Phi) is 6.95. The number of likely N-dealkylation sites (tertiary alicyclic amines) is 1. The average molecular weight is 521 g/mol. The summed E-state index contributed by atoms with van der Waals surface area (Å²) in [6, 6.07) is 4.70. The molecule has 1 saturated heterocycles. The van der Waals surface area contributed by atoms with Gasteiger partial charge in [-0.1, -0.05) is 22.9 Å². The molecule has 31 heavy (non-hydrogen) atoms. The van der Waals surface area contributed by atoms with Gasteiger partial charge in [-0.25, -0.2) is 8.42 Å². The van der Waals surface area contributed by atoms with Crippen LogP contribution in [0.5, 0.6) is 5.75 Å². The summed E-state index contributed by atoms with van der Waals surface area (Å²) in [5.41, 5.74) is 0.432. The largest absolute Gasteiger partial charge is 0.573 e. The number of halogens is 4. The molecule has 168 valence electrons. The van der Waals surface area contributed by atoms with Gasteiger partial charge in [-0.3, -0.25) is 9.78 Å². The molecule has 1 aromatic carbocycles. The lowest BCUT2D eigenvalue weighted by Gasteiger charge is -2.30. The summed E-state index contributed by atoms with van der Waals surface area (Å²) >= 11 is 3.01. The van der Waals surface area contributed by atoms with E-state index in [0.29, 0.717) is 19.0 Å². The minimum atomic E-state index is -5.05. The van der Waals surface area contributed by atoms with Crippen molar-refractivity contribution in [2.45, 2.75) is 36.8 Å². The molecule has 1 fully saturated rings. The number of pyridine rings is 1. The topological polar surface area (TPSA) is 76.6 Å². The molecule has 0 saturated carbocycles. The normalized spacial score (nSPS) is 15.7. The molecule has 1 aliphatic heterocycles. The van der Waals surface area contributed by atoms with E-state index in [2.05, 4.69) is 32.6 Å². The van der Waals surface area contributed by atoms with Crippen molar-refractivity contribution in [3.63, 3.8) is 0 Å². The van der Waals surface area contributed by atoms with E-state index in [1.165, 1.54) is 24.5 Å². The van der Waals surface area contributed by atoms with E-state index < -0.39 is 32.6 Å². The van der Waals surface area contributed by atoms with E-state index in [1.54, 1.807) is 4.90 Å². The maximum absolute atomic E-state index is 12.9. The molecular weight excluding hydrogens is 501 g/mol. The summed E-state index contributed by atoms with van der Waals surface area (Å²) in [7, 11) is -4.22. The molecular formula is C20H20BrF3N2O4S. The third-order valence-electron chi connectivity index (χ3n) is 4.94. The lowest BCUT2D eigenvalue weighted by atomic mass is 9.99. The highest BCUT2D eigenvalue weighted by Gasteiger charge is 2.34. The average Bonchev–Trinajstić information content (AvgIpc) is 2.66. The summed E-state index contributed by atoms with van der Waals surface area (Å²) in [5.74, 6) is -1.17. The molecule has 0 unspecified atom stereocenters. The van der Waals surface area contributed by atoms with E-state index in [1.807, 2.05) is 0 Å². The summed E-state index contributed by atoms with van der Waals surface area (Å²) in [5, 5.41) is 0. The van der Waals surface area contributed by atoms with Crippen molar-refractivity contribution in [1.82, 2.24) is 9.88 Å². The number of nitrogens with zero attached hydrogens (tertiary/aromatic N) is 2. The predicted molar refractivity (Wildman–Crippen MR) is 110 cm³/mol. The van der Waals surface area contributed by atoms with Gasteiger partial charge in [0, 0.05) is 30.0 Å². The third kappa shape index (κ3) is 6.19. The van der Waals surface area contributed by atoms with Gasteiger partial charge in [-0.2, -0.15) is 0 Å². The number of rotatable bonds is 5. The first-order chi connectivity index (χ1) is 14.4. The van der Waals surface area contributed by atoms with E-state index in [4.69, 9.17) is 0 Å². The Morgan fingerprint density at radius 1 is 1.23 bits per heavy atom. The van der Waals surface area contributed by atoms with Crippen LogP contribution in [0.15, 0.2) is 46.0 Å². The number of carbonyl (C=O) groups excluding carboxylic acids is 1. The Labute approximate surface area is 186 Å². The number of hydrogen-bond acceptors (Lipinski definition) is 5. The molecule has 1 aromatic heterocycles. The van der Waals surface area contributed by atoms with E-state index >= 15 is 0 Å². The van der Waals surface area contributed by atoms with Crippen molar-refractivity contribution >= 4 is 31.7 Å². The van der Waals surface area contributed by atoms with Crippen LogP contribution in [-0.2, 0) is 15.6 Å². The quantitative estimate of drug-likeness (QED) is 0.576. The Morgan fingerprint density at radius 2 is 1.90 bits per heavy atom. The molecule has 6 nitrogen and oxygen atoms in total. The smallest absolute Gasteiger partial charge is 0.404 e. The number of aromatic nitrogens is 1. The van der Waals surface area contributed by atoms with Crippen LogP contribution in [0, 0.1) is 5.92 Å². The van der Waals surface area contributed by atoms with Gasteiger partial charge < -0.3 is 9.64 Å². The third-order valence-corrected chi connectivity index (χ3v) is 7.15. The molecule has 0 radical (unpaired) electrons. The van der Waals surface area contributed by atoms with Crippen molar-refractivity contribution in [1.29, 1.82) is 0 Å². The second-order valence-corrected chi connectivity index (χ2v) is 10.3. The van der Waals surface area contributed by atoms with Crippen LogP contribution < -0.4 is 4.74 Å². The summed E-state index contributed by atoms with van der Waals surface area (Å²) in [6.07, 6.45) is -0.646. The van der Waals surface area contributed by atoms with Crippen LogP contribution in [0.1, 0.15) is 35.7 Å². The fourth-order valence-corrected chi connectivity index (χ4v) is 5.09. The van der Waals surface area contributed by atoms with Gasteiger partial charge in [0.05, 0.1) is 11.3 Å². The molecule has 0 atom stereocenters. The standard InChI is InChI=1S/C20H20BrF3N2O4S/c1-13-4-6-26(7-5-13)19(27)15-8-14(10-25-11-15)12-31(28,29)18-3-2-16(21)9-17(18)30-20(22,23)24/h2-3,8-11,13H,4-7,12H2,1H3. The summed E-state index contributed by atoms with van der Waals surface area (Å²) in [4.78, 5) is 17.8. The molecule has 2 aromatic rings. The van der Waals surface area contributed by atoms with E-state index in [-0.39, 0.29) is 21.5 Å². The van der Waals surface area contributed by atoms with Crippen molar-refractivity contribution in [2.24, 2.45) is 5.92 Å². The van der Waals surface area contributed by atoms with Gasteiger partial charge in [0.2, 0.25) is 0 Å². The number of carbonyl (C=O) groups is 1. The number of hydrogen-bond donors (Lipinski definition) is 0. The molecule has 2 heterocycles. The molecule has 1 amide bonds. The molecule has 0 spiro atoms. The number of alkyl halides is 3. The Bertz CT molecular complexity index is 1070. The first-order valence-electron chi connectivity index (χ1n) is 9.46. The number of benzene rings is 1. The highest BCUT2D eigenvalue weighted by atomic mass is 79.9. The van der Waals surface area contributed by atoms with Crippen LogP contribution >= 0.6 is 15.9 Å².